The van der Waals surface area contributed by atoms with Gasteiger partial charge in [-0.15, -0.1) is 0 Å². The number of furan rings is 1. The third-order valence-corrected chi connectivity index (χ3v) is 2.01. The molecule has 0 bridgehead atoms. The third-order valence-electron chi connectivity index (χ3n) is 2.01. The van der Waals surface area contributed by atoms with Gasteiger partial charge in [-0.25, -0.2) is 0 Å². The monoisotopic (exact) mass is 226 g/mol. The van der Waals surface area contributed by atoms with Gasteiger partial charge in [-0.3, -0.25) is 4.79 Å². The predicted octanol–water partition coefficient (Wildman–Crippen LogP) is 0.440. The van der Waals surface area contributed by atoms with E-state index in [1.807, 2.05) is 19.1 Å². The Balaban J connectivity index is 2.08. The highest BCUT2D eigenvalue weighted by Gasteiger charge is 2.01. The van der Waals surface area contributed by atoms with Gasteiger partial charge in [0.2, 0.25) is 5.91 Å². The summed E-state index contributed by atoms with van der Waals surface area (Å²) in [5.41, 5.74) is 0. The van der Waals surface area contributed by atoms with Gasteiger partial charge in [0.05, 0.1) is 19.7 Å². The van der Waals surface area contributed by atoms with Crippen molar-refractivity contribution in [2.75, 3.05) is 26.8 Å². The summed E-state index contributed by atoms with van der Waals surface area (Å²) in [7, 11) is 1.60. The van der Waals surface area contributed by atoms with Crippen LogP contribution >= 0.6 is 0 Å². The molecule has 0 saturated heterocycles. The lowest BCUT2D eigenvalue weighted by molar-refractivity contribution is -0.120. The van der Waals surface area contributed by atoms with Crippen LogP contribution in [-0.4, -0.2) is 32.7 Å². The largest absolute Gasteiger partial charge is 0.465 e. The molecule has 1 amide bonds. The Morgan fingerprint density at radius 1 is 1.50 bits per heavy atom. The fourth-order valence-electron chi connectivity index (χ4n) is 1.23. The van der Waals surface area contributed by atoms with Gasteiger partial charge in [0.15, 0.2) is 0 Å². The zero-order valence-electron chi connectivity index (χ0n) is 9.71. The molecule has 0 fully saturated rings. The molecule has 1 heterocycles. The fourth-order valence-corrected chi connectivity index (χ4v) is 1.23. The van der Waals surface area contributed by atoms with Gasteiger partial charge in [-0.1, -0.05) is 0 Å². The van der Waals surface area contributed by atoms with Crippen molar-refractivity contribution in [3.63, 3.8) is 0 Å². The SMILES string of the molecule is COCCNC(=O)CNCc1ccc(C)o1. The molecule has 1 rings (SSSR count). The first-order valence-electron chi connectivity index (χ1n) is 5.24. The summed E-state index contributed by atoms with van der Waals surface area (Å²) in [5.74, 6) is 1.67. The van der Waals surface area contributed by atoms with Crippen LogP contribution in [0.2, 0.25) is 0 Å². The smallest absolute Gasteiger partial charge is 0.234 e. The van der Waals surface area contributed by atoms with Gasteiger partial charge in [0.25, 0.3) is 0 Å². The molecule has 0 spiro atoms. The van der Waals surface area contributed by atoms with E-state index in [-0.39, 0.29) is 12.5 Å². The van der Waals surface area contributed by atoms with E-state index >= 15 is 0 Å². The molecule has 0 aromatic carbocycles. The van der Waals surface area contributed by atoms with Crippen molar-refractivity contribution >= 4 is 5.91 Å². The average Bonchev–Trinajstić information content (AvgIpc) is 2.65. The molecule has 16 heavy (non-hydrogen) atoms. The van der Waals surface area contributed by atoms with Crippen molar-refractivity contribution in [3.05, 3.63) is 23.7 Å². The topological polar surface area (TPSA) is 63.5 Å². The van der Waals surface area contributed by atoms with E-state index in [9.17, 15) is 4.79 Å². The molecule has 0 atom stereocenters. The number of hydrogen-bond acceptors (Lipinski definition) is 4. The first-order valence-corrected chi connectivity index (χ1v) is 5.24. The molecule has 0 saturated carbocycles. The molecule has 0 aliphatic carbocycles. The number of nitrogens with one attached hydrogen (secondary N) is 2. The summed E-state index contributed by atoms with van der Waals surface area (Å²) in [4.78, 5) is 11.3. The number of carbonyl (C=O) groups is 1. The Kier molecular flexibility index (Phi) is 5.60. The summed E-state index contributed by atoms with van der Waals surface area (Å²) >= 11 is 0. The van der Waals surface area contributed by atoms with Crippen LogP contribution in [0.1, 0.15) is 11.5 Å². The van der Waals surface area contributed by atoms with Crippen LogP contribution in [0, 0.1) is 6.92 Å². The van der Waals surface area contributed by atoms with E-state index in [1.165, 1.54) is 0 Å². The Morgan fingerprint density at radius 2 is 2.31 bits per heavy atom. The maximum absolute atomic E-state index is 11.3. The molecule has 0 aliphatic heterocycles. The molecule has 1 aromatic heterocycles. The fraction of sp³-hybridized carbons (Fsp3) is 0.545. The number of rotatable bonds is 7. The number of amides is 1. The van der Waals surface area contributed by atoms with Crippen molar-refractivity contribution < 1.29 is 13.9 Å². The molecular weight excluding hydrogens is 208 g/mol. The standard InChI is InChI=1S/C11H18N2O3/c1-9-3-4-10(16-9)7-12-8-11(14)13-5-6-15-2/h3-4,12H,5-8H2,1-2H3,(H,13,14). The van der Waals surface area contributed by atoms with E-state index in [0.717, 1.165) is 11.5 Å². The molecule has 0 radical (unpaired) electrons. The minimum absolute atomic E-state index is 0.0414. The zero-order valence-corrected chi connectivity index (χ0v) is 9.71. The highest BCUT2D eigenvalue weighted by molar-refractivity contribution is 5.77. The van der Waals surface area contributed by atoms with E-state index < -0.39 is 0 Å². The number of aryl methyl sites for hydroxylation is 1. The Morgan fingerprint density at radius 3 is 2.94 bits per heavy atom. The van der Waals surface area contributed by atoms with Gasteiger partial charge in [0, 0.05) is 13.7 Å². The lowest BCUT2D eigenvalue weighted by atomic mass is 10.4. The van der Waals surface area contributed by atoms with Crippen LogP contribution in [0.5, 0.6) is 0 Å². The molecule has 90 valence electrons. The lowest BCUT2D eigenvalue weighted by Crippen LogP contribution is -2.35. The van der Waals surface area contributed by atoms with E-state index in [4.69, 9.17) is 9.15 Å². The van der Waals surface area contributed by atoms with Crippen LogP contribution in [0.4, 0.5) is 0 Å². The van der Waals surface area contributed by atoms with Gasteiger partial charge in [-0.05, 0) is 19.1 Å². The van der Waals surface area contributed by atoms with Crippen molar-refractivity contribution in [1.29, 1.82) is 0 Å². The van der Waals surface area contributed by atoms with Crippen molar-refractivity contribution in [3.8, 4) is 0 Å². The molecule has 5 heteroatoms. The van der Waals surface area contributed by atoms with Crippen LogP contribution in [0.15, 0.2) is 16.5 Å². The molecule has 2 N–H and O–H groups in total. The summed E-state index contributed by atoms with van der Waals surface area (Å²) in [5, 5.41) is 5.71. The minimum atomic E-state index is -0.0414. The Bertz CT molecular complexity index is 323. The van der Waals surface area contributed by atoms with E-state index in [1.54, 1.807) is 7.11 Å². The van der Waals surface area contributed by atoms with Gasteiger partial charge < -0.3 is 19.8 Å². The zero-order chi connectivity index (χ0) is 11.8. The van der Waals surface area contributed by atoms with Crippen LogP contribution in [-0.2, 0) is 16.1 Å². The Hall–Kier alpha value is -1.33. The highest BCUT2D eigenvalue weighted by Crippen LogP contribution is 2.04. The second-order valence-corrected chi connectivity index (χ2v) is 3.46. The van der Waals surface area contributed by atoms with Crippen LogP contribution < -0.4 is 10.6 Å². The second-order valence-electron chi connectivity index (χ2n) is 3.46. The van der Waals surface area contributed by atoms with Crippen molar-refractivity contribution in [2.45, 2.75) is 13.5 Å². The average molecular weight is 226 g/mol. The van der Waals surface area contributed by atoms with Gasteiger partial charge >= 0.3 is 0 Å². The summed E-state index contributed by atoms with van der Waals surface area (Å²) in [6, 6.07) is 3.79. The van der Waals surface area contributed by atoms with Crippen molar-refractivity contribution in [1.82, 2.24) is 10.6 Å². The van der Waals surface area contributed by atoms with Crippen LogP contribution in [0.25, 0.3) is 0 Å². The lowest BCUT2D eigenvalue weighted by Gasteiger charge is -2.04. The second kappa shape index (κ2) is 7.03. The third kappa shape index (κ3) is 4.95. The highest BCUT2D eigenvalue weighted by atomic mass is 16.5. The summed E-state index contributed by atoms with van der Waals surface area (Å²) < 4.78 is 10.2. The summed E-state index contributed by atoms with van der Waals surface area (Å²) in [6.07, 6.45) is 0. The van der Waals surface area contributed by atoms with E-state index in [0.29, 0.717) is 19.7 Å². The molecule has 1 aromatic rings. The predicted molar refractivity (Wildman–Crippen MR) is 60.0 cm³/mol. The molecule has 0 unspecified atom stereocenters. The minimum Gasteiger partial charge on any atom is -0.465 e. The van der Waals surface area contributed by atoms with E-state index in [2.05, 4.69) is 10.6 Å². The van der Waals surface area contributed by atoms with Crippen molar-refractivity contribution in [2.24, 2.45) is 0 Å². The molecular formula is C11H18N2O3. The maximum Gasteiger partial charge on any atom is 0.234 e. The maximum atomic E-state index is 11.3. The normalized spacial score (nSPS) is 10.4. The molecule has 0 aliphatic rings. The quantitative estimate of drug-likeness (QED) is 0.662. The molecule has 5 nitrogen and oxygen atoms in total. The number of ether oxygens (including phenoxy) is 1. The number of hydrogen-bond donors (Lipinski definition) is 2. The first-order chi connectivity index (χ1) is 7.72. The summed E-state index contributed by atoms with van der Waals surface area (Å²) in [6.45, 7) is 3.80. The first kappa shape index (κ1) is 12.7. The number of methoxy groups -OCH3 is 1. The van der Waals surface area contributed by atoms with Gasteiger partial charge in [-0.2, -0.15) is 0 Å². The van der Waals surface area contributed by atoms with Crippen LogP contribution in [0.3, 0.4) is 0 Å². The van der Waals surface area contributed by atoms with Gasteiger partial charge in [0.1, 0.15) is 11.5 Å². The Labute approximate surface area is 95.2 Å². The number of carbonyl (C=O) groups excluding carboxylic acids is 1.